The molecule has 2 N–H and O–H groups in total. The molecule has 0 saturated carbocycles. The van der Waals surface area contributed by atoms with Gasteiger partial charge in [0.15, 0.2) is 0 Å². The minimum Gasteiger partial charge on any atom is -0.488 e. The summed E-state index contributed by atoms with van der Waals surface area (Å²) in [4.78, 5) is 11.6. The number of aromatic carboxylic acids is 1. The third-order valence-electron chi connectivity index (χ3n) is 5.15. The number of halogens is 3. The minimum atomic E-state index is -1.13. The number of aliphatic hydroxyl groups excluding tert-OH is 1. The molecule has 0 fully saturated rings. The first-order chi connectivity index (χ1) is 15.4. The first-order valence-corrected chi connectivity index (χ1v) is 9.67. The molecule has 0 radical (unpaired) electrons. The minimum absolute atomic E-state index is 0.0489. The van der Waals surface area contributed by atoms with Crippen molar-refractivity contribution < 1.29 is 32.9 Å². The SMILES string of the molecule is O=C(O)c1cccc2c1c(CO)cn2Cc1cc(F)ccc1OCc1ccc(F)cc1F. The van der Waals surface area contributed by atoms with E-state index in [1.165, 1.54) is 30.3 Å². The van der Waals surface area contributed by atoms with E-state index in [1.54, 1.807) is 22.9 Å². The van der Waals surface area contributed by atoms with Crippen molar-refractivity contribution in [2.75, 3.05) is 0 Å². The summed E-state index contributed by atoms with van der Waals surface area (Å²) in [5, 5.41) is 19.6. The van der Waals surface area contributed by atoms with E-state index in [0.717, 1.165) is 12.1 Å². The molecule has 5 nitrogen and oxygen atoms in total. The highest BCUT2D eigenvalue weighted by molar-refractivity contribution is 6.04. The average Bonchev–Trinajstić information content (AvgIpc) is 3.12. The summed E-state index contributed by atoms with van der Waals surface area (Å²) < 4.78 is 48.4. The lowest BCUT2D eigenvalue weighted by atomic mass is 10.1. The number of carbonyl (C=O) groups is 1. The maximum Gasteiger partial charge on any atom is 0.336 e. The number of ether oxygens (including phenoxy) is 1. The summed E-state index contributed by atoms with van der Waals surface area (Å²) in [6, 6.07) is 11.8. The number of hydrogen-bond acceptors (Lipinski definition) is 3. The maximum absolute atomic E-state index is 14.0. The Morgan fingerprint density at radius 1 is 0.938 bits per heavy atom. The fourth-order valence-electron chi connectivity index (χ4n) is 3.66. The van der Waals surface area contributed by atoms with Gasteiger partial charge in [0.1, 0.15) is 29.8 Å². The largest absolute Gasteiger partial charge is 0.488 e. The van der Waals surface area contributed by atoms with Gasteiger partial charge >= 0.3 is 5.97 Å². The normalized spacial score (nSPS) is 11.1. The Hall–Kier alpha value is -3.78. The summed E-state index contributed by atoms with van der Waals surface area (Å²) in [6.45, 7) is -0.453. The van der Waals surface area contributed by atoms with Crippen molar-refractivity contribution >= 4 is 16.9 Å². The van der Waals surface area contributed by atoms with Gasteiger partial charge in [-0.05, 0) is 42.5 Å². The summed E-state index contributed by atoms with van der Waals surface area (Å²) in [6.07, 6.45) is 1.60. The summed E-state index contributed by atoms with van der Waals surface area (Å²) >= 11 is 0. The fraction of sp³-hybridized carbons (Fsp3) is 0.125. The van der Waals surface area contributed by atoms with Crippen LogP contribution in [0.15, 0.2) is 60.8 Å². The molecule has 164 valence electrons. The predicted octanol–water partition coefficient (Wildman–Crippen LogP) is 4.88. The van der Waals surface area contributed by atoms with Gasteiger partial charge in [-0.2, -0.15) is 0 Å². The zero-order chi connectivity index (χ0) is 22.8. The molecule has 8 heteroatoms. The van der Waals surface area contributed by atoms with Crippen molar-refractivity contribution in [2.24, 2.45) is 0 Å². The van der Waals surface area contributed by atoms with Gasteiger partial charge in [0.2, 0.25) is 0 Å². The van der Waals surface area contributed by atoms with Crippen LogP contribution in [-0.4, -0.2) is 20.7 Å². The summed E-state index contributed by atoms with van der Waals surface area (Å²) in [5.74, 6) is -2.80. The van der Waals surface area contributed by atoms with Crippen LogP contribution in [-0.2, 0) is 19.8 Å². The molecule has 1 aromatic heterocycles. The molecule has 0 bridgehead atoms. The van der Waals surface area contributed by atoms with E-state index in [-0.39, 0.29) is 36.6 Å². The number of nitrogens with zero attached hydrogens (tertiary/aromatic N) is 1. The van der Waals surface area contributed by atoms with Crippen molar-refractivity contribution in [1.82, 2.24) is 4.57 Å². The number of carboxylic acid groups (broad SMARTS) is 1. The van der Waals surface area contributed by atoms with E-state index in [0.29, 0.717) is 22.0 Å². The molecule has 0 aliphatic rings. The lowest BCUT2D eigenvalue weighted by Gasteiger charge is -2.14. The fourth-order valence-corrected chi connectivity index (χ4v) is 3.66. The van der Waals surface area contributed by atoms with Crippen LogP contribution in [0.4, 0.5) is 13.2 Å². The van der Waals surface area contributed by atoms with E-state index in [4.69, 9.17) is 4.74 Å². The standard InChI is InChI=1S/C24H18F3NO4/c25-17-6-7-22(32-13-14-4-5-18(26)9-20(14)27)15(8-17)10-28-11-16(12-29)23-19(24(30)31)2-1-3-21(23)28/h1-9,11,29H,10,12-13H2,(H,30,31). The van der Waals surface area contributed by atoms with E-state index in [9.17, 15) is 28.2 Å². The van der Waals surface area contributed by atoms with Crippen molar-refractivity contribution in [3.8, 4) is 5.75 Å². The van der Waals surface area contributed by atoms with E-state index < -0.39 is 23.4 Å². The van der Waals surface area contributed by atoms with Crippen LogP contribution in [0.5, 0.6) is 5.75 Å². The van der Waals surface area contributed by atoms with Crippen molar-refractivity contribution in [2.45, 2.75) is 19.8 Å². The highest BCUT2D eigenvalue weighted by atomic mass is 19.1. The Morgan fingerprint density at radius 2 is 1.69 bits per heavy atom. The Labute approximate surface area is 180 Å². The number of carboxylic acids is 1. The van der Waals surface area contributed by atoms with Crippen LogP contribution in [0.25, 0.3) is 10.9 Å². The monoisotopic (exact) mass is 441 g/mol. The maximum atomic E-state index is 14.0. The number of benzene rings is 3. The predicted molar refractivity (Wildman–Crippen MR) is 111 cm³/mol. The van der Waals surface area contributed by atoms with Gasteiger partial charge in [0.05, 0.1) is 18.7 Å². The van der Waals surface area contributed by atoms with Gasteiger partial charge in [-0.15, -0.1) is 0 Å². The van der Waals surface area contributed by atoms with E-state index in [1.807, 2.05) is 0 Å². The van der Waals surface area contributed by atoms with Crippen molar-refractivity contribution in [1.29, 1.82) is 0 Å². The van der Waals surface area contributed by atoms with Gasteiger partial charge in [-0.3, -0.25) is 0 Å². The number of fused-ring (bicyclic) bond motifs is 1. The Kier molecular flexibility index (Phi) is 5.87. The number of aromatic nitrogens is 1. The zero-order valence-corrected chi connectivity index (χ0v) is 16.7. The van der Waals surface area contributed by atoms with Crippen LogP contribution >= 0.6 is 0 Å². The molecule has 4 aromatic rings. The molecular formula is C24H18F3NO4. The van der Waals surface area contributed by atoms with Crippen LogP contribution in [0, 0.1) is 17.5 Å². The molecule has 0 amide bonds. The van der Waals surface area contributed by atoms with Gasteiger partial charge in [-0.1, -0.05) is 6.07 Å². The molecule has 1 heterocycles. The molecule has 0 unspecified atom stereocenters. The molecule has 0 spiro atoms. The third-order valence-corrected chi connectivity index (χ3v) is 5.15. The van der Waals surface area contributed by atoms with E-state index in [2.05, 4.69) is 0 Å². The Morgan fingerprint density at radius 3 is 2.41 bits per heavy atom. The first-order valence-electron chi connectivity index (χ1n) is 9.67. The lowest BCUT2D eigenvalue weighted by Crippen LogP contribution is -2.05. The van der Waals surface area contributed by atoms with Gasteiger partial charge in [-0.25, -0.2) is 18.0 Å². The molecule has 0 aliphatic carbocycles. The zero-order valence-electron chi connectivity index (χ0n) is 16.7. The lowest BCUT2D eigenvalue weighted by molar-refractivity contribution is 0.0699. The molecular weight excluding hydrogens is 423 g/mol. The topological polar surface area (TPSA) is 71.7 Å². The third kappa shape index (κ3) is 4.17. The quantitative estimate of drug-likeness (QED) is 0.429. The van der Waals surface area contributed by atoms with Crippen LogP contribution in [0.2, 0.25) is 0 Å². The second-order valence-electron chi connectivity index (χ2n) is 7.22. The number of hydrogen-bond donors (Lipinski definition) is 2. The number of aliphatic hydroxyl groups is 1. The highest BCUT2D eigenvalue weighted by Gasteiger charge is 2.17. The second-order valence-corrected chi connectivity index (χ2v) is 7.22. The van der Waals surface area contributed by atoms with Crippen molar-refractivity contribution in [3.63, 3.8) is 0 Å². The van der Waals surface area contributed by atoms with Gasteiger partial charge in [0.25, 0.3) is 0 Å². The molecule has 3 aromatic carbocycles. The molecule has 0 atom stereocenters. The molecule has 0 aliphatic heterocycles. The summed E-state index contributed by atoms with van der Waals surface area (Å²) in [7, 11) is 0. The average molecular weight is 441 g/mol. The van der Waals surface area contributed by atoms with Gasteiger partial charge in [0, 0.05) is 39.9 Å². The van der Waals surface area contributed by atoms with Crippen LogP contribution in [0.3, 0.4) is 0 Å². The van der Waals surface area contributed by atoms with Crippen molar-refractivity contribution in [3.05, 3.63) is 100 Å². The van der Waals surface area contributed by atoms with Crippen LogP contribution < -0.4 is 4.74 Å². The highest BCUT2D eigenvalue weighted by Crippen LogP contribution is 2.29. The second kappa shape index (κ2) is 8.76. The van der Waals surface area contributed by atoms with E-state index >= 15 is 0 Å². The molecule has 4 rings (SSSR count). The number of rotatable bonds is 7. The summed E-state index contributed by atoms with van der Waals surface area (Å²) in [5.41, 5.74) is 1.59. The Balaban J connectivity index is 1.69. The van der Waals surface area contributed by atoms with Crippen LogP contribution in [0.1, 0.15) is 27.0 Å². The smallest absolute Gasteiger partial charge is 0.336 e. The molecule has 0 saturated heterocycles. The Bertz CT molecular complexity index is 1320. The first kappa shape index (κ1) is 21.5. The molecule has 32 heavy (non-hydrogen) atoms. The van der Waals surface area contributed by atoms with Gasteiger partial charge < -0.3 is 19.5 Å².